The van der Waals surface area contributed by atoms with E-state index in [1.165, 1.54) is 4.90 Å². The van der Waals surface area contributed by atoms with Gasteiger partial charge in [-0.2, -0.15) is 0 Å². The maximum Gasteiger partial charge on any atom is 0.261 e. The van der Waals surface area contributed by atoms with Gasteiger partial charge in [0.2, 0.25) is 0 Å². The number of hydrogen-bond donors (Lipinski definition) is 1. The molecule has 2 amide bonds. The highest BCUT2D eigenvalue weighted by Gasteiger charge is 2.65. The number of ketones is 1. The summed E-state index contributed by atoms with van der Waals surface area (Å²) in [5, 5.41) is 10.9. The Kier molecular flexibility index (Phi) is 3.20. The summed E-state index contributed by atoms with van der Waals surface area (Å²) in [6, 6.07) is 6.83. The summed E-state index contributed by atoms with van der Waals surface area (Å²) in [4.78, 5) is 39.9. The third-order valence-electron chi connectivity index (χ3n) is 7.06. The van der Waals surface area contributed by atoms with Gasteiger partial charge in [0.1, 0.15) is 5.60 Å². The third-order valence-corrected chi connectivity index (χ3v) is 7.06. The van der Waals surface area contributed by atoms with Gasteiger partial charge in [-0.3, -0.25) is 19.3 Å². The number of allylic oxidation sites excluding steroid dienone is 2. The molecule has 28 heavy (non-hydrogen) atoms. The van der Waals surface area contributed by atoms with Crippen LogP contribution >= 0.6 is 0 Å². The Morgan fingerprint density at radius 3 is 2.14 bits per heavy atom. The predicted octanol–water partition coefficient (Wildman–Crippen LogP) is 2.97. The maximum absolute atomic E-state index is 13.0. The summed E-state index contributed by atoms with van der Waals surface area (Å²) in [6.45, 7) is 5.61. The number of hydrogen-bond acceptors (Lipinski definition) is 4. The lowest BCUT2D eigenvalue weighted by Gasteiger charge is -2.39. The summed E-state index contributed by atoms with van der Waals surface area (Å²) in [5.74, 6) is -0.868. The second-order valence-corrected chi connectivity index (χ2v) is 8.45. The molecule has 0 unspecified atom stereocenters. The Morgan fingerprint density at radius 1 is 1.04 bits per heavy atom. The molecule has 5 heteroatoms. The number of Topliss-reactive ketones (excluding diaryl/α,β-unsaturated/α-hetero) is 1. The van der Waals surface area contributed by atoms with Crippen molar-refractivity contribution in [2.24, 2.45) is 5.41 Å². The molecule has 1 heterocycles. The van der Waals surface area contributed by atoms with Crippen molar-refractivity contribution in [3.05, 3.63) is 69.3 Å². The van der Waals surface area contributed by atoms with Gasteiger partial charge in [0.05, 0.1) is 17.7 Å². The second kappa shape index (κ2) is 5.17. The van der Waals surface area contributed by atoms with Crippen molar-refractivity contribution in [3.63, 3.8) is 0 Å². The van der Waals surface area contributed by atoms with Gasteiger partial charge in [-0.25, -0.2) is 0 Å². The van der Waals surface area contributed by atoms with Gasteiger partial charge >= 0.3 is 0 Å². The van der Waals surface area contributed by atoms with Gasteiger partial charge in [0.25, 0.3) is 11.8 Å². The van der Waals surface area contributed by atoms with Gasteiger partial charge in [-0.05, 0) is 68.5 Å². The molecule has 5 rings (SSSR count). The highest BCUT2D eigenvalue weighted by molar-refractivity contribution is 6.21. The molecule has 1 aliphatic heterocycles. The fraction of sp³-hybridized carbons (Fsp3) is 0.348. The van der Waals surface area contributed by atoms with E-state index in [1.54, 1.807) is 37.3 Å². The van der Waals surface area contributed by atoms with E-state index in [-0.39, 0.29) is 24.1 Å². The third kappa shape index (κ3) is 1.87. The van der Waals surface area contributed by atoms with E-state index in [0.717, 1.165) is 35.1 Å². The molecule has 5 nitrogen and oxygen atoms in total. The molecule has 1 fully saturated rings. The second-order valence-electron chi connectivity index (χ2n) is 8.45. The zero-order chi connectivity index (χ0) is 20.0. The van der Waals surface area contributed by atoms with E-state index in [9.17, 15) is 19.5 Å². The Morgan fingerprint density at radius 2 is 1.61 bits per heavy atom. The molecule has 1 saturated carbocycles. The predicted molar refractivity (Wildman–Crippen MR) is 103 cm³/mol. The highest BCUT2D eigenvalue weighted by atomic mass is 16.3. The number of nitrogens with zero attached hydrogens (tertiary/aromatic N) is 1. The van der Waals surface area contributed by atoms with Crippen molar-refractivity contribution < 1.29 is 19.5 Å². The van der Waals surface area contributed by atoms with Crippen LogP contribution in [0, 0.1) is 5.41 Å². The van der Waals surface area contributed by atoms with Crippen molar-refractivity contribution in [2.45, 2.75) is 39.2 Å². The zero-order valence-corrected chi connectivity index (χ0v) is 16.1. The maximum atomic E-state index is 13.0. The lowest BCUT2D eigenvalue weighted by Crippen LogP contribution is -2.49. The molecule has 1 aromatic carbocycles. The molecule has 1 N–H and O–H groups in total. The standard InChI is InChI=1S/C23H21NO4/c1-12-10-16-18(13(2)23(8-9-23)22(3,28)19(16)25)17(12)11-24-20(26)14-6-4-5-7-15(14)21(24)27/h4-7,10,28H,8-9,11H2,1-3H3/t22-/m0/s1. The lowest BCUT2D eigenvalue weighted by molar-refractivity contribution is -0.137. The number of amides is 2. The SMILES string of the molecule is CC1=C(CN2C(=O)c3ccccc3C2=O)C2=C(C)C3(CC3)[C@@](C)(O)C(=O)C2=C1. The lowest BCUT2D eigenvalue weighted by atomic mass is 9.67. The average molecular weight is 375 g/mol. The van der Waals surface area contributed by atoms with Crippen LogP contribution in [0.1, 0.15) is 54.3 Å². The number of fused-ring (bicyclic) bond motifs is 2. The first-order chi connectivity index (χ1) is 13.2. The topological polar surface area (TPSA) is 74.7 Å². The summed E-state index contributed by atoms with van der Waals surface area (Å²) in [6.07, 6.45) is 3.33. The molecule has 0 radical (unpaired) electrons. The van der Waals surface area contributed by atoms with Gasteiger partial charge < -0.3 is 5.11 Å². The van der Waals surface area contributed by atoms with Crippen LogP contribution in [0.15, 0.2) is 58.2 Å². The van der Waals surface area contributed by atoms with Crippen LogP contribution < -0.4 is 0 Å². The van der Waals surface area contributed by atoms with Crippen LogP contribution in [0.5, 0.6) is 0 Å². The first kappa shape index (κ1) is 17.3. The summed E-state index contributed by atoms with van der Waals surface area (Å²) in [5.41, 5.74) is 2.93. The zero-order valence-electron chi connectivity index (χ0n) is 16.1. The van der Waals surface area contributed by atoms with Gasteiger partial charge in [0.15, 0.2) is 5.78 Å². The fourth-order valence-corrected chi connectivity index (χ4v) is 5.16. The minimum atomic E-state index is -1.41. The molecular formula is C23H21NO4. The number of carbonyl (C=O) groups is 3. The van der Waals surface area contributed by atoms with Crippen molar-refractivity contribution in [1.29, 1.82) is 0 Å². The first-order valence-corrected chi connectivity index (χ1v) is 9.56. The molecule has 1 atom stereocenters. The smallest absolute Gasteiger partial charge is 0.261 e. The highest BCUT2D eigenvalue weighted by Crippen LogP contribution is 2.65. The molecule has 4 aliphatic rings. The number of carbonyl (C=O) groups excluding carboxylic acids is 3. The van der Waals surface area contributed by atoms with E-state index in [0.29, 0.717) is 16.7 Å². The van der Waals surface area contributed by atoms with Crippen LogP contribution in [0.4, 0.5) is 0 Å². The van der Waals surface area contributed by atoms with Crippen LogP contribution in [0.25, 0.3) is 0 Å². The van der Waals surface area contributed by atoms with Crippen molar-refractivity contribution in [3.8, 4) is 0 Å². The largest absolute Gasteiger partial charge is 0.381 e. The quantitative estimate of drug-likeness (QED) is 0.807. The van der Waals surface area contributed by atoms with Crippen molar-refractivity contribution in [1.82, 2.24) is 4.90 Å². The Balaban J connectivity index is 1.57. The number of rotatable bonds is 2. The van der Waals surface area contributed by atoms with Gasteiger partial charge in [-0.15, -0.1) is 0 Å². The van der Waals surface area contributed by atoms with E-state index >= 15 is 0 Å². The van der Waals surface area contributed by atoms with Crippen LogP contribution in [0.3, 0.4) is 0 Å². The number of imide groups is 1. The monoisotopic (exact) mass is 375 g/mol. The molecule has 0 saturated heterocycles. The molecular weight excluding hydrogens is 354 g/mol. The van der Waals surface area contributed by atoms with E-state index < -0.39 is 11.0 Å². The van der Waals surface area contributed by atoms with Gasteiger partial charge in [-0.1, -0.05) is 17.7 Å². The molecule has 1 aromatic rings. The van der Waals surface area contributed by atoms with Crippen LogP contribution in [-0.4, -0.2) is 39.7 Å². The summed E-state index contributed by atoms with van der Waals surface area (Å²) < 4.78 is 0. The van der Waals surface area contributed by atoms with Crippen LogP contribution in [-0.2, 0) is 4.79 Å². The normalized spacial score (nSPS) is 27.6. The molecule has 0 aromatic heterocycles. The Labute approximate surface area is 163 Å². The Bertz CT molecular complexity index is 1060. The summed E-state index contributed by atoms with van der Waals surface area (Å²) in [7, 11) is 0. The molecule has 142 valence electrons. The van der Waals surface area contributed by atoms with Gasteiger partial charge in [0, 0.05) is 11.0 Å². The average Bonchev–Trinajstić information content (AvgIpc) is 3.38. The van der Waals surface area contributed by atoms with E-state index in [1.807, 2.05) is 13.8 Å². The minimum absolute atomic E-state index is 0.135. The first-order valence-electron chi connectivity index (χ1n) is 9.56. The minimum Gasteiger partial charge on any atom is -0.381 e. The van der Waals surface area contributed by atoms with Crippen molar-refractivity contribution >= 4 is 17.6 Å². The number of aliphatic hydroxyl groups is 1. The van der Waals surface area contributed by atoms with Crippen molar-refractivity contribution in [2.75, 3.05) is 6.54 Å². The number of benzene rings is 1. The summed E-state index contributed by atoms with van der Waals surface area (Å²) >= 11 is 0. The van der Waals surface area contributed by atoms with E-state index in [4.69, 9.17) is 0 Å². The van der Waals surface area contributed by atoms with Crippen LogP contribution in [0.2, 0.25) is 0 Å². The Hall–Kier alpha value is -2.79. The molecule has 0 bridgehead atoms. The fourth-order valence-electron chi connectivity index (χ4n) is 5.16. The molecule has 1 spiro atoms. The molecule has 3 aliphatic carbocycles. The van der Waals surface area contributed by atoms with E-state index in [2.05, 4.69) is 0 Å².